The summed E-state index contributed by atoms with van der Waals surface area (Å²) >= 11 is 7.19. The number of nitrogens with zero attached hydrogens (tertiary/aromatic N) is 5. The van der Waals surface area contributed by atoms with E-state index in [1.807, 2.05) is 12.1 Å². The predicted octanol–water partition coefficient (Wildman–Crippen LogP) is 3.73. The predicted molar refractivity (Wildman–Crippen MR) is 110 cm³/mol. The van der Waals surface area contributed by atoms with E-state index in [0.717, 1.165) is 24.2 Å². The van der Waals surface area contributed by atoms with Crippen LogP contribution in [0.4, 0.5) is 0 Å². The van der Waals surface area contributed by atoms with Crippen molar-refractivity contribution in [2.75, 3.05) is 5.75 Å². The number of rotatable bonds is 5. The molecule has 28 heavy (non-hydrogen) atoms. The van der Waals surface area contributed by atoms with E-state index in [0.29, 0.717) is 16.1 Å². The number of carbonyl (C=O) groups excluding carboxylic acids is 1. The van der Waals surface area contributed by atoms with Crippen molar-refractivity contribution in [2.45, 2.75) is 45.2 Å². The molecule has 7 nitrogen and oxygen atoms in total. The maximum absolute atomic E-state index is 12.3. The molecule has 0 aliphatic heterocycles. The molecule has 0 spiro atoms. The van der Waals surface area contributed by atoms with Crippen molar-refractivity contribution in [1.29, 1.82) is 0 Å². The highest BCUT2D eigenvalue weighted by atomic mass is 35.5. The van der Waals surface area contributed by atoms with E-state index in [-0.39, 0.29) is 22.5 Å². The second-order valence-corrected chi connectivity index (χ2v) is 9.60. The van der Waals surface area contributed by atoms with Gasteiger partial charge >= 0.3 is 0 Å². The smallest absolute Gasteiger partial charge is 0.250 e. The van der Waals surface area contributed by atoms with Crippen LogP contribution in [0.3, 0.4) is 0 Å². The molecule has 2 unspecified atom stereocenters. The first-order valence-electron chi connectivity index (χ1n) is 9.34. The first-order valence-corrected chi connectivity index (χ1v) is 10.7. The highest BCUT2D eigenvalue weighted by molar-refractivity contribution is 7.99. The molecule has 1 heterocycles. The van der Waals surface area contributed by atoms with Gasteiger partial charge in [-0.25, -0.2) is 5.43 Å². The van der Waals surface area contributed by atoms with Crippen molar-refractivity contribution in [2.24, 2.45) is 21.8 Å². The molecule has 2 saturated carbocycles. The Labute approximate surface area is 173 Å². The highest BCUT2D eigenvalue weighted by Crippen LogP contribution is 2.63. The van der Waals surface area contributed by atoms with E-state index >= 15 is 0 Å². The molecule has 1 amide bonds. The normalized spacial score (nSPS) is 26.7. The third kappa shape index (κ3) is 3.22. The summed E-state index contributed by atoms with van der Waals surface area (Å²) in [6, 6.07) is 7.19. The zero-order chi connectivity index (χ0) is 19.9. The summed E-state index contributed by atoms with van der Waals surface area (Å²) < 4.78 is 1.58. The van der Waals surface area contributed by atoms with Gasteiger partial charge in [-0.3, -0.25) is 4.79 Å². The number of benzene rings is 1. The molecule has 1 aromatic carbocycles. The number of hydrogen-bond acceptors (Lipinski definition) is 6. The van der Waals surface area contributed by atoms with Gasteiger partial charge in [0.2, 0.25) is 5.16 Å². The van der Waals surface area contributed by atoms with Crippen LogP contribution >= 0.6 is 23.4 Å². The lowest BCUT2D eigenvalue weighted by Gasteiger charge is -2.34. The standard InChI is InChI=1S/C19H23ClN6OS/c1-18(2)12-8-9-19(18,3)15(10-12)21-22-16(27)11-28-17-23-24-25-26(17)14-6-4-13(20)5-7-14/h4-7,12H,8-11H2,1-3H3,(H,22,27)/b21-15-. The maximum Gasteiger partial charge on any atom is 0.250 e. The van der Waals surface area contributed by atoms with Crippen LogP contribution in [0.2, 0.25) is 5.02 Å². The molecule has 9 heteroatoms. The van der Waals surface area contributed by atoms with Crippen LogP contribution in [0.25, 0.3) is 5.69 Å². The Hall–Kier alpha value is -1.93. The van der Waals surface area contributed by atoms with E-state index in [1.165, 1.54) is 18.2 Å². The van der Waals surface area contributed by atoms with E-state index in [4.69, 9.17) is 11.6 Å². The molecule has 2 aromatic rings. The number of aromatic nitrogens is 4. The minimum Gasteiger partial charge on any atom is -0.272 e. The lowest BCUT2D eigenvalue weighted by Crippen LogP contribution is -2.34. The molecular formula is C19H23ClN6OS. The van der Waals surface area contributed by atoms with Crippen molar-refractivity contribution in [3.8, 4) is 5.69 Å². The van der Waals surface area contributed by atoms with Crippen molar-refractivity contribution in [3.63, 3.8) is 0 Å². The van der Waals surface area contributed by atoms with Crippen LogP contribution in [-0.4, -0.2) is 37.6 Å². The SMILES string of the molecule is CC12CCC(C/C1=N/NC(=O)CSc1nnnn1-c1ccc(Cl)cc1)C2(C)C. The molecule has 1 aromatic heterocycles. The Morgan fingerprint density at radius 3 is 2.75 bits per heavy atom. The second-order valence-electron chi connectivity index (χ2n) is 8.23. The summed E-state index contributed by atoms with van der Waals surface area (Å²) in [6.45, 7) is 6.92. The molecule has 2 aliphatic rings. The first-order chi connectivity index (χ1) is 13.3. The number of hydrogen-bond donors (Lipinski definition) is 1. The first kappa shape index (κ1) is 19.4. The number of fused-ring (bicyclic) bond motifs is 2. The number of halogens is 1. The fourth-order valence-corrected chi connectivity index (χ4v) is 5.21. The molecule has 2 aliphatic carbocycles. The summed E-state index contributed by atoms with van der Waals surface area (Å²) in [5.41, 5.74) is 4.97. The lowest BCUT2D eigenvalue weighted by atomic mass is 9.70. The largest absolute Gasteiger partial charge is 0.272 e. The fraction of sp³-hybridized carbons (Fsp3) is 0.526. The van der Waals surface area contributed by atoms with Crippen LogP contribution in [-0.2, 0) is 4.79 Å². The Morgan fingerprint density at radius 1 is 1.36 bits per heavy atom. The van der Waals surface area contributed by atoms with Crippen molar-refractivity contribution >= 4 is 35.0 Å². The third-order valence-corrected chi connectivity index (χ3v) is 7.84. The number of hydrazone groups is 1. The van der Waals surface area contributed by atoms with Gasteiger partial charge in [-0.15, -0.1) is 5.10 Å². The van der Waals surface area contributed by atoms with Crippen LogP contribution in [0.5, 0.6) is 0 Å². The molecular weight excluding hydrogens is 396 g/mol. The van der Waals surface area contributed by atoms with Crippen LogP contribution in [0, 0.1) is 16.7 Å². The molecule has 0 saturated heterocycles. The molecule has 148 valence electrons. The number of amides is 1. The molecule has 2 fully saturated rings. The van der Waals surface area contributed by atoms with E-state index < -0.39 is 0 Å². The molecule has 1 N–H and O–H groups in total. The van der Waals surface area contributed by atoms with Gasteiger partial charge in [-0.05, 0) is 65.3 Å². The van der Waals surface area contributed by atoms with E-state index in [2.05, 4.69) is 46.8 Å². The van der Waals surface area contributed by atoms with Gasteiger partial charge < -0.3 is 0 Å². The second kappa shape index (κ2) is 7.15. The number of thioether (sulfide) groups is 1. The summed E-state index contributed by atoms with van der Waals surface area (Å²) in [6.07, 6.45) is 3.37. The number of carbonyl (C=O) groups is 1. The van der Waals surface area contributed by atoms with E-state index in [1.54, 1.807) is 16.8 Å². The van der Waals surface area contributed by atoms with Crippen molar-refractivity contribution in [3.05, 3.63) is 29.3 Å². The Kier molecular flexibility index (Phi) is 4.95. The van der Waals surface area contributed by atoms with Gasteiger partial charge in [-0.1, -0.05) is 44.1 Å². The number of tetrazole rings is 1. The monoisotopic (exact) mass is 418 g/mol. The molecule has 2 bridgehead atoms. The molecule has 4 rings (SSSR count). The van der Waals surface area contributed by atoms with Crippen LogP contribution in [0.1, 0.15) is 40.0 Å². The van der Waals surface area contributed by atoms with E-state index in [9.17, 15) is 4.79 Å². The van der Waals surface area contributed by atoms with Crippen molar-refractivity contribution < 1.29 is 4.79 Å². The quantitative estimate of drug-likeness (QED) is 0.590. The van der Waals surface area contributed by atoms with Gasteiger partial charge in [0.05, 0.1) is 11.4 Å². The van der Waals surface area contributed by atoms with Gasteiger partial charge in [0.25, 0.3) is 5.91 Å². The minimum absolute atomic E-state index is 0.0801. The Balaban J connectivity index is 1.38. The molecule has 0 radical (unpaired) electrons. The van der Waals surface area contributed by atoms with Crippen LogP contribution < -0.4 is 5.43 Å². The highest BCUT2D eigenvalue weighted by Gasteiger charge is 2.60. The van der Waals surface area contributed by atoms with Crippen molar-refractivity contribution in [1.82, 2.24) is 25.6 Å². The lowest BCUT2D eigenvalue weighted by molar-refractivity contribution is -0.118. The Bertz CT molecular complexity index is 925. The maximum atomic E-state index is 12.3. The topological polar surface area (TPSA) is 85.1 Å². The summed E-state index contributed by atoms with van der Waals surface area (Å²) in [7, 11) is 0. The zero-order valence-corrected chi connectivity index (χ0v) is 17.7. The van der Waals surface area contributed by atoms with Gasteiger partial charge in [0.1, 0.15) is 0 Å². The van der Waals surface area contributed by atoms with Crippen LogP contribution in [0.15, 0.2) is 34.5 Å². The average Bonchev–Trinajstić information content (AvgIpc) is 3.27. The third-order valence-electron chi connectivity index (χ3n) is 6.67. The van der Waals surface area contributed by atoms with Gasteiger partial charge in [0, 0.05) is 16.1 Å². The molecule has 2 atom stereocenters. The van der Waals surface area contributed by atoms with Gasteiger partial charge in [-0.2, -0.15) is 9.78 Å². The average molecular weight is 419 g/mol. The summed E-state index contributed by atoms with van der Waals surface area (Å²) in [4.78, 5) is 12.3. The fourth-order valence-electron chi connectivity index (χ4n) is 4.40. The van der Waals surface area contributed by atoms with Gasteiger partial charge in [0.15, 0.2) is 0 Å². The number of nitrogens with one attached hydrogen (secondary N) is 1. The zero-order valence-electron chi connectivity index (χ0n) is 16.1. The summed E-state index contributed by atoms with van der Waals surface area (Å²) in [5.74, 6) is 0.688. The Morgan fingerprint density at radius 2 is 2.11 bits per heavy atom. The summed E-state index contributed by atoms with van der Waals surface area (Å²) in [5, 5.41) is 17.4. The minimum atomic E-state index is -0.160.